The quantitative estimate of drug-likeness (QED) is 0.465. The molecule has 2 N–H and O–H groups in total. The van der Waals surface area contributed by atoms with Gasteiger partial charge in [0, 0.05) is 0 Å². The largest absolute Gasteiger partial charge is 0.388 e. The molecular formula is C30H37NO2. The van der Waals surface area contributed by atoms with Crippen molar-refractivity contribution in [3.05, 3.63) is 107 Å². The molecule has 1 saturated heterocycles. The molecule has 1 heterocycles. The summed E-state index contributed by atoms with van der Waals surface area (Å²) in [6.07, 6.45) is 3.27. The van der Waals surface area contributed by atoms with Crippen LogP contribution >= 0.6 is 0 Å². The second-order valence-corrected chi connectivity index (χ2v) is 9.62. The Bertz CT molecular complexity index is 970. The summed E-state index contributed by atoms with van der Waals surface area (Å²) in [6.45, 7) is 7.15. The number of likely N-dealkylation sites (tertiary alicyclic amines) is 1. The number of nitrogens with zero attached hydrogens (tertiary/aromatic N) is 1. The molecule has 0 radical (unpaired) electrons. The van der Waals surface area contributed by atoms with Crippen LogP contribution in [0.4, 0.5) is 0 Å². The van der Waals surface area contributed by atoms with Gasteiger partial charge in [-0.25, -0.2) is 0 Å². The van der Waals surface area contributed by atoms with Crippen molar-refractivity contribution in [3.8, 4) is 0 Å². The third-order valence-corrected chi connectivity index (χ3v) is 7.47. The van der Waals surface area contributed by atoms with Crippen LogP contribution in [-0.2, 0) is 5.60 Å². The van der Waals surface area contributed by atoms with Gasteiger partial charge in [0.1, 0.15) is 5.60 Å². The molecule has 1 aliphatic heterocycles. The van der Waals surface area contributed by atoms with Gasteiger partial charge in [0.25, 0.3) is 0 Å². The molecule has 0 aromatic heterocycles. The SMILES string of the molecule is Cc1ccc(C(O)CCCN2CCC(C(O)(c3ccccc3)c3ccccc3)CC2)cc1C. The van der Waals surface area contributed by atoms with Crippen LogP contribution < -0.4 is 0 Å². The zero-order valence-corrected chi connectivity index (χ0v) is 20.0. The van der Waals surface area contributed by atoms with Gasteiger partial charge in [0.15, 0.2) is 0 Å². The lowest BCUT2D eigenvalue weighted by Gasteiger charge is -2.42. The van der Waals surface area contributed by atoms with Crippen LogP contribution in [0.1, 0.15) is 59.6 Å². The number of hydrogen-bond donors (Lipinski definition) is 2. The fourth-order valence-corrected chi connectivity index (χ4v) is 5.24. The molecule has 3 heteroatoms. The predicted molar refractivity (Wildman–Crippen MR) is 135 cm³/mol. The number of piperidine rings is 1. The van der Waals surface area contributed by atoms with Crippen LogP contribution in [-0.4, -0.2) is 34.7 Å². The molecular weight excluding hydrogens is 406 g/mol. The van der Waals surface area contributed by atoms with Crippen molar-refractivity contribution in [2.24, 2.45) is 5.92 Å². The third-order valence-electron chi connectivity index (χ3n) is 7.47. The first-order chi connectivity index (χ1) is 16.0. The molecule has 0 spiro atoms. The van der Waals surface area contributed by atoms with Crippen molar-refractivity contribution in [1.82, 2.24) is 4.90 Å². The van der Waals surface area contributed by atoms with E-state index in [1.807, 2.05) is 66.7 Å². The van der Waals surface area contributed by atoms with E-state index in [0.717, 1.165) is 62.0 Å². The first-order valence-electron chi connectivity index (χ1n) is 12.3. The monoisotopic (exact) mass is 443 g/mol. The van der Waals surface area contributed by atoms with E-state index in [1.54, 1.807) is 0 Å². The van der Waals surface area contributed by atoms with Gasteiger partial charge in [0.05, 0.1) is 6.10 Å². The van der Waals surface area contributed by atoms with Gasteiger partial charge in [0.2, 0.25) is 0 Å². The zero-order chi connectivity index (χ0) is 23.3. The lowest BCUT2D eigenvalue weighted by atomic mass is 9.72. The van der Waals surface area contributed by atoms with Crippen LogP contribution in [0.25, 0.3) is 0 Å². The predicted octanol–water partition coefficient (Wildman–Crippen LogP) is 5.77. The highest BCUT2D eigenvalue weighted by Crippen LogP contribution is 2.41. The Balaban J connectivity index is 1.35. The summed E-state index contributed by atoms with van der Waals surface area (Å²) < 4.78 is 0. The van der Waals surface area contributed by atoms with E-state index < -0.39 is 11.7 Å². The third kappa shape index (κ3) is 5.38. The van der Waals surface area contributed by atoms with E-state index in [0.29, 0.717) is 0 Å². The number of hydrogen-bond acceptors (Lipinski definition) is 3. The molecule has 0 bridgehead atoms. The van der Waals surface area contributed by atoms with Gasteiger partial charge in [-0.15, -0.1) is 0 Å². The summed E-state index contributed by atoms with van der Waals surface area (Å²) in [5.74, 6) is 0.180. The van der Waals surface area contributed by atoms with Gasteiger partial charge in [-0.1, -0.05) is 78.9 Å². The van der Waals surface area contributed by atoms with Gasteiger partial charge in [-0.05, 0) is 92.9 Å². The average molecular weight is 444 g/mol. The topological polar surface area (TPSA) is 43.7 Å². The molecule has 1 fully saturated rings. The first kappa shape index (κ1) is 23.7. The molecule has 33 heavy (non-hydrogen) atoms. The summed E-state index contributed by atoms with van der Waals surface area (Å²) >= 11 is 0. The Morgan fingerprint density at radius 2 is 1.42 bits per heavy atom. The normalized spacial score (nSPS) is 16.6. The van der Waals surface area contributed by atoms with E-state index in [2.05, 4.69) is 30.9 Å². The maximum Gasteiger partial charge on any atom is 0.117 e. The van der Waals surface area contributed by atoms with E-state index in [9.17, 15) is 10.2 Å². The van der Waals surface area contributed by atoms with Gasteiger partial charge >= 0.3 is 0 Å². The molecule has 0 amide bonds. The minimum Gasteiger partial charge on any atom is -0.388 e. The Labute approximate surface area is 198 Å². The standard InChI is InChI=1S/C30H37NO2/c1-23-15-16-25(22-24(23)2)29(32)14-9-19-31-20-17-28(18-21-31)30(33,26-10-5-3-6-11-26)27-12-7-4-8-13-27/h3-8,10-13,15-16,22,28-29,32-33H,9,14,17-21H2,1-2H3. The second kappa shape index (κ2) is 10.6. The molecule has 0 aliphatic carbocycles. The highest BCUT2D eigenvalue weighted by atomic mass is 16.3. The van der Waals surface area contributed by atoms with E-state index >= 15 is 0 Å². The van der Waals surface area contributed by atoms with Gasteiger partial charge < -0.3 is 15.1 Å². The highest BCUT2D eigenvalue weighted by molar-refractivity contribution is 5.37. The fourth-order valence-electron chi connectivity index (χ4n) is 5.24. The lowest BCUT2D eigenvalue weighted by molar-refractivity contribution is -0.0146. The smallest absolute Gasteiger partial charge is 0.117 e. The lowest BCUT2D eigenvalue weighted by Crippen LogP contribution is -2.44. The van der Waals surface area contributed by atoms with Crippen molar-refractivity contribution in [3.63, 3.8) is 0 Å². The van der Waals surface area contributed by atoms with Crippen molar-refractivity contribution >= 4 is 0 Å². The molecule has 1 aliphatic rings. The minimum atomic E-state index is -0.964. The van der Waals surface area contributed by atoms with Crippen LogP contribution in [0.2, 0.25) is 0 Å². The van der Waals surface area contributed by atoms with Crippen molar-refractivity contribution in [1.29, 1.82) is 0 Å². The molecule has 4 rings (SSSR count). The minimum absolute atomic E-state index is 0.180. The molecule has 3 aromatic carbocycles. The molecule has 1 unspecified atom stereocenters. The summed E-state index contributed by atoms with van der Waals surface area (Å²) in [5.41, 5.74) is 4.51. The summed E-state index contributed by atoms with van der Waals surface area (Å²) in [4.78, 5) is 2.49. The molecule has 1 atom stereocenters. The Morgan fingerprint density at radius 3 is 1.97 bits per heavy atom. The average Bonchev–Trinajstić information content (AvgIpc) is 2.86. The van der Waals surface area contributed by atoms with E-state index in [-0.39, 0.29) is 5.92 Å². The number of aliphatic hydroxyl groups excluding tert-OH is 1. The van der Waals surface area contributed by atoms with Crippen molar-refractivity contribution < 1.29 is 10.2 Å². The van der Waals surface area contributed by atoms with Crippen molar-refractivity contribution in [2.75, 3.05) is 19.6 Å². The van der Waals surface area contributed by atoms with Gasteiger partial charge in [-0.2, -0.15) is 0 Å². The summed E-state index contributed by atoms with van der Waals surface area (Å²) in [6, 6.07) is 26.5. The maximum atomic E-state index is 12.0. The summed E-state index contributed by atoms with van der Waals surface area (Å²) in [7, 11) is 0. The number of aliphatic hydroxyl groups is 2. The van der Waals surface area contributed by atoms with Crippen LogP contribution in [0, 0.1) is 19.8 Å². The molecule has 3 aromatic rings. The zero-order valence-electron chi connectivity index (χ0n) is 20.0. The molecule has 174 valence electrons. The first-order valence-corrected chi connectivity index (χ1v) is 12.3. The Kier molecular flexibility index (Phi) is 7.64. The summed E-state index contributed by atoms with van der Waals surface area (Å²) in [5, 5.41) is 22.6. The van der Waals surface area contributed by atoms with E-state index in [4.69, 9.17) is 0 Å². The van der Waals surface area contributed by atoms with Crippen molar-refractivity contribution in [2.45, 2.75) is 51.2 Å². The second-order valence-electron chi connectivity index (χ2n) is 9.62. The van der Waals surface area contributed by atoms with Crippen LogP contribution in [0.5, 0.6) is 0 Å². The number of rotatable bonds is 8. The number of benzene rings is 3. The van der Waals surface area contributed by atoms with Crippen LogP contribution in [0.15, 0.2) is 78.9 Å². The number of aryl methyl sites for hydroxylation is 2. The molecule has 3 nitrogen and oxygen atoms in total. The van der Waals surface area contributed by atoms with Crippen LogP contribution in [0.3, 0.4) is 0 Å². The maximum absolute atomic E-state index is 12.0. The Morgan fingerprint density at radius 1 is 0.848 bits per heavy atom. The fraction of sp³-hybridized carbons (Fsp3) is 0.400. The van der Waals surface area contributed by atoms with E-state index in [1.165, 1.54) is 11.1 Å². The molecule has 0 saturated carbocycles. The van der Waals surface area contributed by atoms with Gasteiger partial charge in [-0.3, -0.25) is 0 Å². The highest BCUT2D eigenvalue weighted by Gasteiger charge is 2.41. The Hall–Kier alpha value is -2.46.